The maximum Gasteiger partial charge on any atom is 0.407 e. The number of benzene rings is 2. The predicted octanol–water partition coefficient (Wildman–Crippen LogP) is 3.87. The van der Waals surface area contributed by atoms with Crippen LogP contribution in [0.15, 0.2) is 48.5 Å². The van der Waals surface area contributed by atoms with Crippen LogP contribution >= 0.6 is 0 Å². The average Bonchev–Trinajstić information content (AvgIpc) is 3.47. The summed E-state index contributed by atoms with van der Waals surface area (Å²) >= 11 is 0. The van der Waals surface area contributed by atoms with E-state index < -0.39 is 24.0 Å². The van der Waals surface area contributed by atoms with Gasteiger partial charge in [-0.25, -0.2) is 4.79 Å². The maximum atomic E-state index is 13.2. The summed E-state index contributed by atoms with van der Waals surface area (Å²) < 4.78 is 5.65. The Bertz CT molecular complexity index is 1070. The molecule has 2 N–H and O–H groups in total. The highest BCUT2D eigenvalue weighted by molar-refractivity contribution is 5.87. The summed E-state index contributed by atoms with van der Waals surface area (Å²) in [7, 11) is 0. The van der Waals surface area contributed by atoms with Crippen molar-refractivity contribution in [3.63, 3.8) is 0 Å². The van der Waals surface area contributed by atoms with Crippen molar-refractivity contribution < 1.29 is 24.2 Å². The molecule has 34 heavy (non-hydrogen) atoms. The molecular weight excluding hydrogens is 432 g/mol. The Hall–Kier alpha value is -3.35. The lowest BCUT2D eigenvalue weighted by molar-refractivity contribution is -0.142. The van der Waals surface area contributed by atoms with E-state index in [1.54, 1.807) is 4.90 Å². The number of rotatable bonds is 7. The van der Waals surface area contributed by atoms with Crippen molar-refractivity contribution in [2.24, 2.45) is 17.8 Å². The SMILES string of the molecule is C[C@@H]1CN(C(=O)C(CC2CC2)NC(=O)OCC2c3ccccc3-c3ccccc32)C[C@H]1C(=O)O. The fourth-order valence-corrected chi connectivity index (χ4v) is 5.38. The van der Waals surface area contributed by atoms with Gasteiger partial charge in [0.2, 0.25) is 5.91 Å². The number of alkyl carbamates (subject to hydrolysis) is 1. The van der Waals surface area contributed by atoms with Gasteiger partial charge in [0.05, 0.1) is 5.92 Å². The normalized spacial score (nSPS) is 22.1. The zero-order valence-electron chi connectivity index (χ0n) is 19.3. The number of hydrogen-bond acceptors (Lipinski definition) is 4. The monoisotopic (exact) mass is 462 g/mol. The predicted molar refractivity (Wildman–Crippen MR) is 126 cm³/mol. The first kappa shape index (κ1) is 22.4. The molecule has 2 aliphatic carbocycles. The number of fused-ring (bicyclic) bond motifs is 3. The second-order valence-corrected chi connectivity index (χ2v) is 9.87. The number of aliphatic carboxylic acids is 1. The van der Waals surface area contributed by atoms with Gasteiger partial charge >= 0.3 is 12.1 Å². The lowest BCUT2D eigenvalue weighted by Crippen LogP contribution is -2.48. The van der Waals surface area contributed by atoms with E-state index in [-0.39, 0.29) is 30.9 Å². The van der Waals surface area contributed by atoms with Gasteiger partial charge in [-0.3, -0.25) is 9.59 Å². The minimum absolute atomic E-state index is 0.0495. The zero-order valence-corrected chi connectivity index (χ0v) is 19.3. The summed E-state index contributed by atoms with van der Waals surface area (Å²) in [5.41, 5.74) is 4.58. The van der Waals surface area contributed by atoms with E-state index >= 15 is 0 Å². The molecule has 178 valence electrons. The lowest BCUT2D eigenvalue weighted by Gasteiger charge is -2.24. The third-order valence-corrected chi connectivity index (χ3v) is 7.44. The lowest BCUT2D eigenvalue weighted by atomic mass is 9.98. The molecule has 1 saturated heterocycles. The maximum absolute atomic E-state index is 13.2. The summed E-state index contributed by atoms with van der Waals surface area (Å²) in [6, 6.07) is 15.6. The second-order valence-electron chi connectivity index (χ2n) is 9.87. The molecule has 0 spiro atoms. The van der Waals surface area contributed by atoms with Gasteiger partial charge < -0.3 is 20.1 Å². The Morgan fingerprint density at radius 3 is 2.21 bits per heavy atom. The number of carboxylic acids is 1. The summed E-state index contributed by atoms with van der Waals surface area (Å²) in [6.45, 7) is 2.61. The first-order valence-corrected chi connectivity index (χ1v) is 12.1. The minimum Gasteiger partial charge on any atom is -0.481 e. The van der Waals surface area contributed by atoms with Crippen molar-refractivity contribution in [2.75, 3.05) is 19.7 Å². The first-order chi connectivity index (χ1) is 16.4. The van der Waals surface area contributed by atoms with E-state index in [2.05, 4.69) is 29.6 Å². The van der Waals surface area contributed by atoms with Crippen molar-refractivity contribution in [3.05, 3.63) is 59.7 Å². The highest BCUT2D eigenvalue weighted by Crippen LogP contribution is 2.44. The van der Waals surface area contributed by atoms with Crippen LogP contribution in [-0.2, 0) is 14.3 Å². The molecule has 1 saturated carbocycles. The number of hydrogen-bond donors (Lipinski definition) is 2. The van der Waals surface area contributed by atoms with E-state index in [1.807, 2.05) is 31.2 Å². The van der Waals surface area contributed by atoms with Gasteiger partial charge in [0.15, 0.2) is 0 Å². The number of likely N-dealkylation sites (tertiary alicyclic amines) is 1. The number of carbonyl (C=O) groups excluding carboxylic acids is 2. The molecule has 5 rings (SSSR count). The number of amides is 2. The summed E-state index contributed by atoms with van der Waals surface area (Å²) in [5.74, 6) is -1.41. The van der Waals surface area contributed by atoms with Crippen LogP contribution in [0.3, 0.4) is 0 Å². The molecule has 2 aromatic rings. The fourth-order valence-electron chi connectivity index (χ4n) is 5.38. The molecule has 3 atom stereocenters. The second kappa shape index (κ2) is 9.12. The molecule has 1 heterocycles. The molecule has 0 aromatic heterocycles. The molecule has 2 fully saturated rings. The highest BCUT2D eigenvalue weighted by atomic mass is 16.5. The van der Waals surface area contributed by atoms with Gasteiger partial charge in [0.1, 0.15) is 12.6 Å². The molecule has 0 bridgehead atoms. The van der Waals surface area contributed by atoms with Gasteiger partial charge in [0.25, 0.3) is 0 Å². The van der Waals surface area contributed by atoms with Crippen molar-refractivity contribution in [3.8, 4) is 11.1 Å². The van der Waals surface area contributed by atoms with Crippen LogP contribution in [0.25, 0.3) is 11.1 Å². The summed E-state index contributed by atoms with van der Waals surface area (Å²) in [5, 5.41) is 12.2. The Kier molecular flexibility index (Phi) is 6.02. The topological polar surface area (TPSA) is 95.9 Å². The van der Waals surface area contributed by atoms with Crippen molar-refractivity contribution >= 4 is 18.0 Å². The molecule has 7 nitrogen and oxygen atoms in total. The van der Waals surface area contributed by atoms with Gasteiger partial charge in [0, 0.05) is 19.0 Å². The average molecular weight is 463 g/mol. The first-order valence-electron chi connectivity index (χ1n) is 12.1. The minimum atomic E-state index is -0.883. The van der Waals surface area contributed by atoms with E-state index in [9.17, 15) is 19.5 Å². The number of carbonyl (C=O) groups is 3. The summed E-state index contributed by atoms with van der Waals surface area (Å²) in [4.78, 5) is 39.1. The number of ether oxygens (including phenoxy) is 1. The Morgan fingerprint density at radius 1 is 1.03 bits per heavy atom. The molecule has 0 radical (unpaired) electrons. The van der Waals surface area contributed by atoms with Crippen LogP contribution < -0.4 is 5.32 Å². The van der Waals surface area contributed by atoms with Gasteiger partial charge in [-0.1, -0.05) is 68.3 Å². The number of carboxylic acid groups (broad SMARTS) is 1. The van der Waals surface area contributed by atoms with E-state index in [0.29, 0.717) is 18.9 Å². The van der Waals surface area contributed by atoms with Gasteiger partial charge in [-0.05, 0) is 40.5 Å². The van der Waals surface area contributed by atoms with Crippen LogP contribution in [0.4, 0.5) is 4.79 Å². The standard InChI is InChI=1S/C27H30N2O5/c1-16-13-29(14-22(16)26(31)32)25(30)24(12-17-10-11-17)28-27(33)34-15-23-20-8-4-2-6-18(20)19-7-3-5-9-21(19)23/h2-9,16-17,22-24H,10-15H2,1H3,(H,28,33)(H,31,32)/t16-,22-,24?/m1/s1. The van der Waals surface area contributed by atoms with E-state index in [0.717, 1.165) is 35.1 Å². The number of nitrogens with one attached hydrogen (secondary N) is 1. The van der Waals surface area contributed by atoms with Crippen LogP contribution in [0.2, 0.25) is 0 Å². The van der Waals surface area contributed by atoms with Gasteiger partial charge in [-0.2, -0.15) is 0 Å². The van der Waals surface area contributed by atoms with E-state index in [1.165, 1.54) is 0 Å². The molecule has 2 aromatic carbocycles. The highest BCUT2D eigenvalue weighted by Gasteiger charge is 2.41. The Balaban J connectivity index is 1.24. The summed E-state index contributed by atoms with van der Waals surface area (Å²) in [6.07, 6.45) is 2.04. The zero-order chi connectivity index (χ0) is 23.8. The largest absolute Gasteiger partial charge is 0.481 e. The quantitative estimate of drug-likeness (QED) is 0.651. The smallest absolute Gasteiger partial charge is 0.407 e. The third-order valence-electron chi connectivity index (χ3n) is 7.44. The molecule has 1 aliphatic heterocycles. The molecule has 3 aliphatic rings. The van der Waals surface area contributed by atoms with Crippen LogP contribution in [-0.4, -0.2) is 53.7 Å². The fraction of sp³-hybridized carbons (Fsp3) is 0.444. The molecule has 1 unspecified atom stereocenters. The van der Waals surface area contributed by atoms with Crippen molar-refractivity contribution in [2.45, 2.75) is 38.1 Å². The third kappa shape index (κ3) is 4.39. The van der Waals surface area contributed by atoms with Crippen molar-refractivity contribution in [1.29, 1.82) is 0 Å². The Morgan fingerprint density at radius 2 is 1.65 bits per heavy atom. The molecule has 7 heteroatoms. The van der Waals surface area contributed by atoms with Crippen LogP contribution in [0.5, 0.6) is 0 Å². The molecule has 2 amide bonds. The van der Waals surface area contributed by atoms with Crippen LogP contribution in [0.1, 0.15) is 43.2 Å². The molecular formula is C27H30N2O5. The number of nitrogens with zero attached hydrogens (tertiary/aromatic N) is 1. The van der Waals surface area contributed by atoms with E-state index in [4.69, 9.17) is 4.74 Å². The van der Waals surface area contributed by atoms with Gasteiger partial charge in [-0.15, -0.1) is 0 Å². The van der Waals surface area contributed by atoms with Crippen LogP contribution in [0, 0.1) is 17.8 Å². The Labute approximate surface area is 199 Å². The van der Waals surface area contributed by atoms with Crippen molar-refractivity contribution in [1.82, 2.24) is 10.2 Å².